The number of nitrogens with one attached hydrogen (secondary N) is 2. The van der Waals surface area contributed by atoms with Crippen LogP contribution in [0.4, 0.5) is 11.6 Å². The molecule has 8 nitrogen and oxygen atoms in total. The van der Waals surface area contributed by atoms with Crippen molar-refractivity contribution >= 4 is 39.8 Å². The van der Waals surface area contributed by atoms with Gasteiger partial charge in [-0.3, -0.25) is 9.48 Å². The van der Waals surface area contributed by atoms with Gasteiger partial charge in [0.05, 0.1) is 26.7 Å². The highest BCUT2D eigenvalue weighted by Gasteiger charge is 2.32. The molecule has 1 amide bonds. The third-order valence-electron chi connectivity index (χ3n) is 5.78. The number of nitrogen functional groups attached to an aromatic ring is 1. The average Bonchev–Trinajstić information content (AvgIpc) is 3.30. The number of amides is 1. The molecule has 0 bridgehead atoms. The predicted octanol–water partition coefficient (Wildman–Crippen LogP) is 3.62. The SMILES string of the molecule is CNC1CC(n2nc(-c3sc(C(=O)Nc4ccccn4)cc3C)c3c(N)nccc32)C1. The molecule has 0 atom stereocenters. The normalized spacial score (nSPS) is 18.1. The van der Waals surface area contributed by atoms with E-state index >= 15 is 0 Å². The summed E-state index contributed by atoms with van der Waals surface area (Å²) in [7, 11) is 1.99. The number of fused-ring (bicyclic) bond motifs is 1. The number of thiophene rings is 1. The number of hydrogen-bond acceptors (Lipinski definition) is 7. The van der Waals surface area contributed by atoms with Crippen LogP contribution in [0, 0.1) is 6.92 Å². The first kappa shape index (κ1) is 19.7. The summed E-state index contributed by atoms with van der Waals surface area (Å²) in [5.74, 6) is 0.784. The van der Waals surface area contributed by atoms with E-state index in [4.69, 9.17) is 10.8 Å². The number of carbonyl (C=O) groups is 1. The number of carbonyl (C=O) groups excluding carboxylic acids is 1. The standard InChI is InChI=1S/C22H23N7OS/c1-12-9-16(22(30)27-17-5-3-4-7-25-17)31-20(12)19-18-15(6-8-26-21(18)23)29(28-19)14-10-13(11-14)24-2/h3-9,13-14,24H,10-11H2,1-2H3,(H2,23,26)(H,25,27,30). The van der Waals surface area contributed by atoms with Gasteiger partial charge in [-0.15, -0.1) is 11.3 Å². The van der Waals surface area contributed by atoms with Crippen LogP contribution in [0.15, 0.2) is 42.7 Å². The predicted molar refractivity (Wildman–Crippen MR) is 123 cm³/mol. The lowest BCUT2D eigenvalue weighted by Gasteiger charge is -2.35. The minimum absolute atomic E-state index is 0.191. The second kappa shape index (κ2) is 7.75. The summed E-state index contributed by atoms with van der Waals surface area (Å²) >= 11 is 1.41. The Bertz CT molecular complexity index is 1260. The number of hydrogen-bond donors (Lipinski definition) is 3. The molecule has 4 heterocycles. The first-order valence-corrected chi connectivity index (χ1v) is 11.0. The molecular weight excluding hydrogens is 410 g/mol. The van der Waals surface area contributed by atoms with Crippen molar-refractivity contribution in [1.82, 2.24) is 25.1 Å². The maximum absolute atomic E-state index is 12.8. The van der Waals surface area contributed by atoms with E-state index in [-0.39, 0.29) is 5.91 Å². The van der Waals surface area contributed by atoms with Gasteiger partial charge in [0.15, 0.2) is 0 Å². The van der Waals surface area contributed by atoms with Gasteiger partial charge in [0, 0.05) is 18.4 Å². The van der Waals surface area contributed by atoms with Crippen LogP contribution in [0.25, 0.3) is 21.5 Å². The molecule has 9 heteroatoms. The summed E-state index contributed by atoms with van der Waals surface area (Å²) in [4.78, 5) is 22.8. The maximum Gasteiger partial charge on any atom is 0.266 e. The second-order valence-corrected chi connectivity index (χ2v) is 8.84. The zero-order chi connectivity index (χ0) is 21.5. The van der Waals surface area contributed by atoms with Gasteiger partial charge >= 0.3 is 0 Å². The largest absolute Gasteiger partial charge is 0.383 e. The summed E-state index contributed by atoms with van der Waals surface area (Å²) in [5.41, 5.74) is 9.03. The van der Waals surface area contributed by atoms with Crippen molar-refractivity contribution in [1.29, 1.82) is 0 Å². The number of nitrogens with zero attached hydrogens (tertiary/aromatic N) is 4. The van der Waals surface area contributed by atoms with E-state index in [1.807, 2.05) is 38.2 Å². The zero-order valence-corrected chi connectivity index (χ0v) is 18.1. The summed E-state index contributed by atoms with van der Waals surface area (Å²) in [6.45, 7) is 1.99. The molecule has 4 N–H and O–H groups in total. The average molecular weight is 434 g/mol. The van der Waals surface area contributed by atoms with Crippen molar-refractivity contribution in [2.24, 2.45) is 0 Å². The molecular formula is C22H23N7OS. The van der Waals surface area contributed by atoms with Crippen molar-refractivity contribution in [3.8, 4) is 10.6 Å². The third kappa shape index (κ3) is 3.45. The number of rotatable bonds is 5. The lowest BCUT2D eigenvalue weighted by atomic mass is 9.87. The van der Waals surface area contributed by atoms with Crippen molar-refractivity contribution in [2.45, 2.75) is 31.8 Å². The molecule has 1 fully saturated rings. The van der Waals surface area contributed by atoms with Gasteiger partial charge in [-0.25, -0.2) is 9.97 Å². The van der Waals surface area contributed by atoms with Gasteiger partial charge in [-0.2, -0.15) is 5.10 Å². The molecule has 5 rings (SSSR count). The summed E-state index contributed by atoms with van der Waals surface area (Å²) < 4.78 is 2.07. The Hall–Kier alpha value is -3.30. The summed E-state index contributed by atoms with van der Waals surface area (Å²) in [6.07, 6.45) is 5.42. The van der Waals surface area contributed by atoms with Crippen LogP contribution >= 0.6 is 11.3 Å². The Labute approximate surface area is 183 Å². The Morgan fingerprint density at radius 1 is 1.23 bits per heavy atom. The minimum atomic E-state index is -0.191. The van der Waals surface area contributed by atoms with Crippen LogP contribution in [-0.2, 0) is 0 Å². The molecule has 1 aliphatic carbocycles. The van der Waals surface area contributed by atoms with Crippen molar-refractivity contribution in [2.75, 3.05) is 18.1 Å². The number of aryl methyl sites for hydroxylation is 1. The fourth-order valence-corrected chi connectivity index (χ4v) is 5.08. The molecule has 0 aromatic carbocycles. The van der Waals surface area contributed by atoms with E-state index in [2.05, 4.69) is 25.3 Å². The van der Waals surface area contributed by atoms with Crippen LogP contribution in [0.3, 0.4) is 0 Å². The van der Waals surface area contributed by atoms with Crippen molar-refractivity contribution in [3.63, 3.8) is 0 Å². The van der Waals surface area contributed by atoms with Gasteiger partial charge in [0.1, 0.15) is 17.3 Å². The van der Waals surface area contributed by atoms with E-state index in [0.29, 0.717) is 28.6 Å². The van der Waals surface area contributed by atoms with Crippen LogP contribution in [-0.4, -0.2) is 38.7 Å². The van der Waals surface area contributed by atoms with Gasteiger partial charge in [0.25, 0.3) is 5.91 Å². The number of pyridine rings is 2. The smallest absolute Gasteiger partial charge is 0.266 e. The highest BCUT2D eigenvalue weighted by atomic mass is 32.1. The van der Waals surface area contributed by atoms with Gasteiger partial charge < -0.3 is 16.4 Å². The molecule has 0 unspecified atom stereocenters. The molecule has 0 spiro atoms. The first-order chi connectivity index (χ1) is 15.0. The lowest BCUT2D eigenvalue weighted by molar-refractivity contribution is 0.103. The Balaban J connectivity index is 1.53. The lowest BCUT2D eigenvalue weighted by Crippen LogP contribution is -2.40. The fourth-order valence-electron chi connectivity index (χ4n) is 4.02. The van der Waals surface area contributed by atoms with E-state index in [1.54, 1.807) is 18.5 Å². The van der Waals surface area contributed by atoms with Crippen molar-refractivity contribution < 1.29 is 4.79 Å². The van der Waals surface area contributed by atoms with Gasteiger partial charge in [-0.1, -0.05) is 6.07 Å². The number of anilines is 2. The zero-order valence-electron chi connectivity index (χ0n) is 17.3. The minimum Gasteiger partial charge on any atom is -0.383 e. The molecule has 4 aromatic heterocycles. The summed E-state index contributed by atoms with van der Waals surface area (Å²) in [6, 6.07) is 10.1. The van der Waals surface area contributed by atoms with E-state index in [1.165, 1.54) is 11.3 Å². The third-order valence-corrected chi connectivity index (χ3v) is 7.02. The molecule has 0 saturated heterocycles. The number of nitrogens with two attached hydrogens (primary N) is 1. The summed E-state index contributed by atoms with van der Waals surface area (Å²) in [5, 5.41) is 12.0. The monoisotopic (exact) mass is 433 g/mol. The van der Waals surface area contributed by atoms with E-state index < -0.39 is 0 Å². The second-order valence-electron chi connectivity index (χ2n) is 7.79. The Morgan fingerprint density at radius 3 is 2.81 bits per heavy atom. The van der Waals surface area contributed by atoms with Crippen LogP contribution in [0.1, 0.15) is 34.1 Å². The molecule has 31 heavy (non-hydrogen) atoms. The van der Waals surface area contributed by atoms with Crippen LogP contribution < -0.4 is 16.4 Å². The molecule has 1 saturated carbocycles. The van der Waals surface area contributed by atoms with E-state index in [0.717, 1.165) is 39.9 Å². The number of aromatic nitrogens is 4. The molecule has 4 aromatic rings. The van der Waals surface area contributed by atoms with Crippen molar-refractivity contribution in [3.05, 3.63) is 53.2 Å². The van der Waals surface area contributed by atoms with Crippen LogP contribution in [0.2, 0.25) is 0 Å². The topological polar surface area (TPSA) is 111 Å². The fraction of sp³-hybridized carbons (Fsp3) is 0.273. The molecule has 0 aliphatic heterocycles. The maximum atomic E-state index is 12.8. The Kier molecular flexibility index (Phi) is 4.91. The first-order valence-electron chi connectivity index (χ1n) is 10.2. The highest BCUT2D eigenvalue weighted by molar-refractivity contribution is 7.17. The van der Waals surface area contributed by atoms with Gasteiger partial charge in [-0.05, 0) is 56.6 Å². The Morgan fingerprint density at radius 2 is 2.06 bits per heavy atom. The highest BCUT2D eigenvalue weighted by Crippen LogP contribution is 2.41. The quantitative estimate of drug-likeness (QED) is 0.443. The van der Waals surface area contributed by atoms with Crippen LogP contribution in [0.5, 0.6) is 0 Å². The molecule has 158 valence electrons. The molecule has 0 radical (unpaired) electrons. The van der Waals surface area contributed by atoms with Gasteiger partial charge in [0.2, 0.25) is 0 Å². The van der Waals surface area contributed by atoms with E-state index in [9.17, 15) is 4.79 Å². The molecule has 1 aliphatic rings.